The summed E-state index contributed by atoms with van der Waals surface area (Å²) in [5.74, 6) is 0. The van der Waals surface area contributed by atoms with Gasteiger partial charge < -0.3 is 0 Å². The van der Waals surface area contributed by atoms with Gasteiger partial charge in [-0.3, -0.25) is 0 Å². The van der Waals surface area contributed by atoms with E-state index in [-0.39, 0.29) is 6.16 Å². The Labute approximate surface area is 95.4 Å². The summed E-state index contributed by atoms with van der Waals surface area (Å²) < 4.78 is 10.8. The molecule has 0 fully saturated rings. The molecule has 0 heterocycles. The molecule has 0 saturated heterocycles. The molecule has 3 heteroatoms. The second-order valence-electron chi connectivity index (χ2n) is 3.58. The fourth-order valence-electron chi connectivity index (χ4n) is 1.64. The normalized spacial score (nSPS) is 11.2. The van der Waals surface area contributed by atoms with Gasteiger partial charge in [-0.25, -0.2) is 0 Å². The zero-order chi connectivity index (χ0) is 11.4. The Morgan fingerprint density at radius 1 is 0.938 bits per heavy atom. The first-order valence-corrected chi connectivity index (χ1v) is 6.43. The van der Waals surface area contributed by atoms with Crippen molar-refractivity contribution in [2.45, 2.75) is 6.16 Å². The Balaban J connectivity index is 2.33. The van der Waals surface area contributed by atoms with Crippen molar-refractivity contribution in [2.75, 3.05) is 0 Å². The van der Waals surface area contributed by atoms with Crippen LogP contribution in [0.4, 0.5) is 0 Å². The quantitative estimate of drug-likeness (QED) is 0.819. The van der Waals surface area contributed by atoms with Gasteiger partial charge in [-0.1, -0.05) is 48.5 Å². The van der Waals surface area contributed by atoms with Crippen molar-refractivity contribution in [3.63, 3.8) is 0 Å². The van der Waals surface area contributed by atoms with E-state index in [1.807, 2.05) is 54.6 Å². The van der Waals surface area contributed by atoms with Crippen molar-refractivity contribution in [3.05, 3.63) is 60.2 Å². The molecular weight excluding hydrogens is 219 g/mol. The van der Waals surface area contributed by atoms with Gasteiger partial charge in [0.2, 0.25) is 6.16 Å². The maximum Gasteiger partial charge on any atom is 0.510 e. The van der Waals surface area contributed by atoms with Gasteiger partial charge in [0.25, 0.3) is 0 Å². The van der Waals surface area contributed by atoms with Crippen LogP contribution in [0.15, 0.2) is 54.6 Å². The first-order valence-electron chi connectivity index (χ1n) is 5.03. The van der Waals surface area contributed by atoms with E-state index >= 15 is 0 Å². The molecule has 0 aliphatic heterocycles. The van der Waals surface area contributed by atoms with Gasteiger partial charge >= 0.3 is 8.03 Å². The minimum absolute atomic E-state index is 0.218. The van der Waals surface area contributed by atoms with E-state index < -0.39 is 8.03 Å². The first-order chi connectivity index (χ1) is 7.75. The van der Waals surface area contributed by atoms with Gasteiger partial charge in [0.05, 0.1) is 0 Å². The maximum absolute atomic E-state index is 10.8. The van der Waals surface area contributed by atoms with Gasteiger partial charge in [0.15, 0.2) is 0 Å². The molecule has 0 radical (unpaired) electrons. The van der Waals surface area contributed by atoms with Crippen molar-refractivity contribution in [1.82, 2.24) is 0 Å². The van der Waals surface area contributed by atoms with Crippen LogP contribution in [0.5, 0.6) is 0 Å². The number of rotatable bonds is 3. The lowest BCUT2D eigenvalue weighted by atomic mass is 10.0. The molecule has 2 rings (SSSR count). The average molecular weight is 231 g/mol. The molecule has 0 aliphatic rings. The van der Waals surface area contributed by atoms with Crippen molar-refractivity contribution in [3.8, 4) is 11.1 Å². The zero-order valence-corrected chi connectivity index (χ0v) is 9.60. The summed E-state index contributed by atoms with van der Waals surface area (Å²) in [5.41, 5.74) is 3.09. The molecule has 0 saturated carbocycles. The van der Waals surface area contributed by atoms with E-state index in [1.54, 1.807) is 0 Å². The minimum atomic E-state index is -2.11. The van der Waals surface area contributed by atoms with Gasteiger partial charge in [-0.05, 0) is 21.8 Å². The largest absolute Gasteiger partial charge is 0.510 e. The Morgan fingerprint density at radius 2 is 1.62 bits per heavy atom. The third kappa shape index (κ3) is 2.75. The standard InChI is InChI=1S/C13H11O2P/c14-16(15)10-11-5-4-8-13(9-11)12-6-2-1-3-7-12/h1-9H,10H2/p+1. The lowest BCUT2D eigenvalue weighted by Crippen LogP contribution is -1.82. The summed E-state index contributed by atoms with van der Waals surface area (Å²) in [5, 5.41) is 0. The van der Waals surface area contributed by atoms with Crippen LogP contribution in [0.1, 0.15) is 5.56 Å². The molecule has 16 heavy (non-hydrogen) atoms. The lowest BCUT2D eigenvalue weighted by molar-refractivity contribution is 0.502. The molecule has 0 aromatic heterocycles. The highest BCUT2D eigenvalue weighted by molar-refractivity contribution is 7.37. The van der Waals surface area contributed by atoms with E-state index in [1.165, 1.54) is 0 Å². The Kier molecular flexibility index (Phi) is 3.45. The van der Waals surface area contributed by atoms with Crippen LogP contribution in [0.2, 0.25) is 0 Å². The highest BCUT2D eigenvalue weighted by atomic mass is 31.1. The molecule has 1 N–H and O–H groups in total. The van der Waals surface area contributed by atoms with Crippen LogP contribution < -0.4 is 0 Å². The summed E-state index contributed by atoms with van der Waals surface area (Å²) in [6, 6.07) is 17.7. The monoisotopic (exact) mass is 231 g/mol. The Bertz CT molecular complexity index is 494. The number of hydrogen-bond acceptors (Lipinski definition) is 1. The highest BCUT2D eigenvalue weighted by Gasteiger charge is 2.11. The molecule has 2 aromatic rings. The van der Waals surface area contributed by atoms with Crippen LogP contribution in [-0.2, 0) is 10.7 Å². The van der Waals surface area contributed by atoms with E-state index in [2.05, 4.69) is 0 Å². The van der Waals surface area contributed by atoms with Crippen molar-refractivity contribution in [1.29, 1.82) is 0 Å². The van der Waals surface area contributed by atoms with Crippen LogP contribution in [-0.4, -0.2) is 4.89 Å². The second kappa shape index (κ2) is 5.02. The van der Waals surface area contributed by atoms with Gasteiger partial charge in [0.1, 0.15) is 0 Å². The topological polar surface area (TPSA) is 37.3 Å². The summed E-state index contributed by atoms with van der Waals surface area (Å²) in [6.45, 7) is 0. The fourth-order valence-corrected chi connectivity index (χ4v) is 2.15. The van der Waals surface area contributed by atoms with E-state index in [9.17, 15) is 4.57 Å². The van der Waals surface area contributed by atoms with Crippen molar-refractivity contribution < 1.29 is 9.46 Å². The fraction of sp³-hybridized carbons (Fsp3) is 0.0769. The molecule has 2 nitrogen and oxygen atoms in total. The number of hydrogen-bond donors (Lipinski definition) is 1. The number of benzene rings is 2. The van der Waals surface area contributed by atoms with Crippen molar-refractivity contribution >= 4 is 8.03 Å². The summed E-state index contributed by atoms with van der Waals surface area (Å²) in [7, 11) is -2.11. The smallest absolute Gasteiger partial charge is 0.160 e. The van der Waals surface area contributed by atoms with Gasteiger partial charge in [-0.15, -0.1) is 0 Å². The molecule has 0 bridgehead atoms. The Hall–Kier alpha value is -1.50. The molecule has 80 valence electrons. The minimum Gasteiger partial charge on any atom is -0.160 e. The molecular formula is C13H12O2P+. The first kappa shape index (κ1) is 11.0. The molecule has 0 spiro atoms. The van der Waals surface area contributed by atoms with Crippen LogP contribution in [0, 0.1) is 0 Å². The van der Waals surface area contributed by atoms with Gasteiger partial charge in [-0.2, -0.15) is 4.89 Å². The third-order valence-corrected chi connectivity index (χ3v) is 2.99. The summed E-state index contributed by atoms with van der Waals surface area (Å²) in [6.07, 6.45) is 0.218. The predicted molar refractivity (Wildman–Crippen MR) is 65.4 cm³/mol. The van der Waals surface area contributed by atoms with E-state index in [0.717, 1.165) is 16.7 Å². The predicted octanol–water partition coefficient (Wildman–Crippen LogP) is 3.59. The van der Waals surface area contributed by atoms with Crippen LogP contribution in [0.25, 0.3) is 11.1 Å². The van der Waals surface area contributed by atoms with E-state index in [0.29, 0.717) is 0 Å². The molecule has 1 atom stereocenters. The third-order valence-electron chi connectivity index (χ3n) is 2.35. The highest BCUT2D eigenvalue weighted by Crippen LogP contribution is 2.25. The summed E-state index contributed by atoms with van der Waals surface area (Å²) in [4.78, 5) is 8.88. The van der Waals surface area contributed by atoms with Gasteiger partial charge in [0, 0.05) is 5.56 Å². The molecule has 1 unspecified atom stereocenters. The van der Waals surface area contributed by atoms with Crippen molar-refractivity contribution in [2.24, 2.45) is 0 Å². The molecule has 2 aromatic carbocycles. The van der Waals surface area contributed by atoms with Crippen LogP contribution in [0.3, 0.4) is 0 Å². The zero-order valence-electron chi connectivity index (χ0n) is 8.71. The lowest BCUT2D eigenvalue weighted by Gasteiger charge is -2.01. The average Bonchev–Trinajstić information content (AvgIpc) is 2.30. The second-order valence-corrected chi connectivity index (χ2v) is 4.60. The molecule has 0 amide bonds. The maximum atomic E-state index is 10.8. The SMILES string of the molecule is O=[P+](O)Cc1cccc(-c2ccccc2)c1. The Morgan fingerprint density at radius 3 is 2.31 bits per heavy atom. The molecule has 0 aliphatic carbocycles. The van der Waals surface area contributed by atoms with Crippen LogP contribution >= 0.6 is 8.03 Å². The van der Waals surface area contributed by atoms with E-state index in [4.69, 9.17) is 4.89 Å². The summed E-state index contributed by atoms with van der Waals surface area (Å²) >= 11 is 0.